The van der Waals surface area contributed by atoms with Crippen molar-refractivity contribution in [1.82, 2.24) is 0 Å². The molecular formula is C9H16O2. The summed E-state index contributed by atoms with van der Waals surface area (Å²) in [7, 11) is 1.62. The molecule has 64 valence electrons. The third kappa shape index (κ3) is 2.04. The molecule has 1 aliphatic rings. The quantitative estimate of drug-likeness (QED) is 0.609. The van der Waals surface area contributed by atoms with Crippen LogP contribution in [0, 0.1) is 5.92 Å². The maximum atomic E-state index is 9.95. The van der Waals surface area contributed by atoms with Gasteiger partial charge in [-0.2, -0.15) is 0 Å². The van der Waals surface area contributed by atoms with Crippen molar-refractivity contribution in [2.24, 2.45) is 5.92 Å². The normalized spacial score (nSPS) is 22.7. The van der Waals surface area contributed by atoms with Gasteiger partial charge in [0, 0.05) is 7.11 Å². The van der Waals surface area contributed by atoms with E-state index in [-0.39, 0.29) is 0 Å². The van der Waals surface area contributed by atoms with Gasteiger partial charge in [-0.25, -0.2) is 0 Å². The molecule has 0 heterocycles. The van der Waals surface area contributed by atoms with Crippen LogP contribution in [0.4, 0.5) is 0 Å². The average Bonchev–Trinajstić information content (AvgIpc) is 2.68. The Labute approximate surface area is 67.9 Å². The fraction of sp³-hybridized carbons (Fsp3) is 0.778. The van der Waals surface area contributed by atoms with Gasteiger partial charge in [-0.1, -0.05) is 6.08 Å². The summed E-state index contributed by atoms with van der Waals surface area (Å²) < 4.78 is 4.96. The van der Waals surface area contributed by atoms with Crippen LogP contribution in [-0.2, 0) is 4.74 Å². The van der Waals surface area contributed by atoms with Gasteiger partial charge in [-0.15, -0.1) is 6.58 Å². The van der Waals surface area contributed by atoms with E-state index in [1.54, 1.807) is 13.2 Å². The van der Waals surface area contributed by atoms with Crippen molar-refractivity contribution < 1.29 is 9.84 Å². The van der Waals surface area contributed by atoms with Crippen molar-refractivity contribution in [2.75, 3.05) is 13.7 Å². The van der Waals surface area contributed by atoms with E-state index < -0.39 is 5.60 Å². The molecule has 0 aliphatic heterocycles. The van der Waals surface area contributed by atoms with E-state index >= 15 is 0 Å². The maximum absolute atomic E-state index is 9.95. The zero-order chi connectivity index (χ0) is 8.32. The second kappa shape index (κ2) is 3.37. The molecule has 0 amide bonds. The van der Waals surface area contributed by atoms with Gasteiger partial charge >= 0.3 is 0 Å². The van der Waals surface area contributed by atoms with Crippen molar-refractivity contribution in [3.05, 3.63) is 12.7 Å². The SMILES string of the molecule is C=CCC(O)(COC)C1CC1. The molecule has 1 atom stereocenters. The van der Waals surface area contributed by atoms with E-state index in [9.17, 15) is 5.11 Å². The topological polar surface area (TPSA) is 29.5 Å². The first-order chi connectivity index (χ1) is 5.23. The number of rotatable bonds is 5. The van der Waals surface area contributed by atoms with Crippen molar-refractivity contribution in [3.8, 4) is 0 Å². The molecule has 0 aromatic rings. The molecule has 1 saturated carbocycles. The summed E-state index contributed by atoms with van der Waals surface area (Å²) in [6.07, 6.45) is 4.67. The molecule has 1 unspecified atom stereocenters. The number of ether oxygens (including phenoxy) is 1. The lowest BCUT2D eigenvalue weighted by molar-refractivity contribution is -0.0454. The van der Waals surface area contributed by atoms with Crippen LogP contribution in [0.3, 0.4) is 0 Å². The Balaban J connectivity index is 2.45. The Hall–Kier alpha value is -0.340. The van der Waals surface area contributed by atoms with E-state index in [1.165, 1.54) is 0 Å². The number of methoxy groups -OCH3 is 1. The summed E-state index contributed by atoms with van der Waals surface area (Å²) in [5.41, 5.74) is -0.628. The summed E-state index contributed by atoms with van der Waals surface area (Å²) in [5, 5.41) is 9.95. The largest absolute Gasteiger partial charge is 0.387 e. The molecule has 0 aromatic heterocycles. The minimum absolute atomic E-state index is 0.434. The van der Waals surface area contributed by atoms with Gasteiger partial charge in [0.1, 0.15) is 0 Å². The fourth-order valence-electron chi connectivity index (χ4n) is 1.46. The van der Waals surface area contributed by atoms with Gasteiger partial charge in [0.25, 0.3) is 0 Å². The van der Waals surface area contributed by atoms with E-state index in [4.69, 9.17) is 4.74 Å². The summed E-state index contributed by atoms with van der Waals surface area (Å²) in [5.74, 6) is 0.445. The molecule has 0 radical (unpaired) electrons. The molecule has 2 nitrogen and oxygen atoms in total. The molecule has 0 saturated heterocycles. The summed E-state index contributed by atoms with van der Waals surface area (Å²) in [6.45, 7) is 4.06. The van der Waals surface area contributed by atoms with Crippen LogP contribution in [0.25, 0.3) is 0 Å². The molecule has 1 fully saturated rings. The maximum Gasteiger partial charge on any atom is 0.0941 e. The van der Waals surface area contributed by atoms with Crippen LogP contribution in [0.2, 0.25) is 0 Å². The summed E-state index contributed by atoms with van der Waals surface area (Å²) >= 11 is 0. The Morgan fingerprint density at radius 2 is 2.36 bits per heavy atom. The minimum Gasteiger partial charge on any atom is -0.387 e. The summed E-state index contributed by atoms with van der Waals surface area (Å²) in [4.78, 5) is 0. The zero-order valence-corrected chi connectivity index (χ0v) is 7.05. The lowest BCUT2D eigenvalue weighted by Crippen LogP contribution is -2.35. The lowest BCUT2D eigenvalue weighted by atomic mass is 9.95. The number of aliphatic hydroxyl groups is 1. The Morgan fingerprint density at radius 3 is 2.73 bits per heavy atom. The molecule has 0 aromatic carbocycles. The van der Waals surface area contributed by atoms with Gasteiger partial charge in [-0.05, 0) is 25.2 Å². The second-order valence-electron chi connectivity index (χ2n) is 3.30. The Morgan fingerprint density at radius 1 is 1.73 bits per heavy atom. The van der Waals surface area contributed by atoms with Crippen molar-refractivity contribution >= 4 is 0 Å². The van der Waals surface area contributed by atoms with Gasteiger partial charge < -0.3 is 9.84 Å². The monoisotopic (exact) mass is 156 g/mol. The highest BCUT2D eigenvalue weighted by Crippen LogP contribution is 2.41. The predicted molar refractivity (Wildman–Crippen MR) is 44.4 cm³/mol. The molecule has 0 spiro atoms. The standard InChI is InChI=1S/C9H16O2/c1-3-6-9(10,7-11-2)8-4-5-8/h3,8,10H,1,4-7H2,2H3. The molecule has 2 heteroatoms. The Bertz CT molecular complexity index is 140. The van der Waals surface area contributed by atoms with Crippen LogP contribution in [0.1, 0.15) is 19.3 Å². The highest BCUT2D eigenvalue weighted by molar-refractivity contribution is 4.98. The van der Waals surface area contributed by atoms with Gasteiger partial charge in [0.2, 0.25) is 0 Å². The van der Waals surface area contributed by atoms with Crippen molar-refractivity contribution in [3.63, 3.8) is 0 Å². The fourth-order valence-corrected chi connectivity index (χ4v) is 1.46. The number of hydrogen-bond donors (Lipinski definition) is 1. The first kappa shape index (κ1) is 8.75. The van der Waals surface area contributed by atoms with Crippen molar-refractivity contribution in [2.45, 2.75) is 24.9 Å². The highest BCUT2D eigenvalue weighted by Gasteiger charge is 2.42. The first-order valence-corrected chi connectivity index (χ1v) is 4.05. The second-order valence-corrected chi connectivity index (χ2v) is 3.30. The minimum atomic E-state index is -0.628. The highest BCUT2D eigenvalue weighted by atomic mass is 16.5. The van der Waals surface area contributed by atoms with Gasteiger partial charge in [0.05, 0.1) is 12.2 Å². The van der Waals surface area contributed by atoms with E-state index in [1.807, 2.05) is 0 Å². The lowest BCUT2D eigenvalue weighted by Gasteiger charge is -2.25. The van der Waals surface area contributed by atoms with Crippen LogP contribution >= 0.6 is 0 Å². The van der Waals surface area contributed by atoms with E-state index in [0.29, 0.717) is 18.9 Å². The van der Waals surface area contributed by atoms with Gasteiger partial charge in [0.15, 0.2) is 0 Å². The van der Waals surface area contributed by atoms with E-state index in [0.717, 1.165) is 12.8 Å². The van der Waals surface area contributed by atoms with E-state index in [2.05, 4.69) is 6.58 Å². The van der Waals surface area contributed by atoms with Crippen molar-refractivity contribution in [1.29, 1.82) is 0 Å². The van der Waals surface area contributed by atoms with Crippen LogP contribution in [-0.4, -0.2) is 24.4 Å². The zero-order valence-electron chi connectivity index (χ0n) is 7.05. The molecule has 1 rings (SSSR count). The van der Waals surface area contributed by atoms with Crippen LogP contribution < -0.4 is 0 Å². The molecule has 0 bridgehead atoms. The smallest absolute Gasteiger partial charge is 0.0941 e. The van der Waals surface area contributed by atoms with Crippen LogP contribution in [0.5, 0.6) is 0 Å². The Kier molecular flexibility index (Phi) is 2.68. The number of hydrogen-bond acceptors (Lipinski definition) is 2. The third-order valence-electron chi connectivity index (χ3n) is 2.23. The molecule has 1 aliphatic carbocycles. The molecule has 11 heavy (non-hydrogen) atoms. The van der Waals surface area contributed by atoms with Crippen LogP contribution in [0.15, 0.2) is 12.7 Å². The molecular weight excluding hydrogens is 140 g/mol. The predicted octanol–water partition coefficient (Wildman–Crippen LogP) is 1.35. The first-order valence-electron chi connectivity index (χ1n) is 4.05. The molecule has 1 N–H and O–H groups in total. The average molecular weight is 156 g/mol. The van der Waals surface area contributed by atoms with Gasteiger partial charge in [-0.3, -0.25) is 0 Å². The summed E-state index contributed by atoms with van der Waals surface area (Å²) in [6, 6.07) is 0. The third-order valence-corrected chi connectivity index (χ3v) is 2.23.